The molecule has 2 aromatic rings. The van der Waals surface area contributed by atoms with Crippen molar-refractivity contribution in [3.8, 4) is 11.6 Å². The van der Waals surface area contributed by atoms with Gasteiger partial charge in [0.15, 0.2) is 16.7 Å². The average molecular weight is 269 g/mol. The molecule has 0 atom stereocenters. The molecule has 4 nitrogen and oxygen atoms in total. The molecule has 0 saturated heterocycles. The van der Waals surface area contributed by atoms with E-state index in [-0.39, 0.29) is 17.4 Å². The van der Waals surface area contributed by atoms with Crippen LogP contribution in [0.15, 0.2) is 29.4 Å². The topological polar surface area (TPSA) is 61.0 Å². The quantitative estimate of drug-likeness (QED) is 0.685. The highest BCUT2D eigenvalue weighted by atomic mass is 32.2. The van der Waals surface area contributed by atoms with Gasteiger partial charge in [0, 0.05) is 6.07 Å². The van der Waals surface area contributed by atoms with Gasteiger partial charge in [-0.3, -0.25) is 0 Å². The molecule has 0 aliphatic heterocycles. The first-order chi connectivity index (χ1) is 8.60. The Balaban J connectivity index is 2.34. The van der Waals surface area contributed by atoms with Gasteiger partial charge in [0.2, 0.25) is 11.7 Å². The van der Waals surface area contributed by atoms with E-state index in [1.807, 2.05) is 0 Å². The van der Waals surface area contributed by atoms with Crippen molar-refractivity contribution in [1.29, 1.82) is 0 Å². The minimum absolute atomic E-state index is 0.0661. The van der Waals surface area contributed by atoms with E-state index in [1.165, 1.54) is 30.0 Å². The van der Waals surface area contributed by atoms with Crippen molar-refractivity contribution in [3.63, 3.8) is 0 Å². The van der Waals surface area contributed by atoms with Gasteiger partial charge >= 0.3 is 0 Å². The van der Waals surface area contributed by atoms with Gasteiger partial charge in [-0.1, -0.05) is 17.8 Å². The second kappa shape index (κ2) is 5.18. The maximum atomic E-state index is 13.4. The lowest BCUT2D eigenvalue weighted by Crippen LogP contribution is -1.98. The molecule has 1 aromatic carbocycles. The Morgan fingerprint density at radius 3 is 2.78 bits per heavy atom. The van der Waals surface area contributed by atoms with Gasteiger partial charge in [-0.15, -0.1) is 0 Å². The van der Waals surface area contributed by atoms with Crippen LogP contribution in [0.3, 0.4) is 0 Å². The highest BCUT2D eigenvalue weighted by Gasteiger charge is 2.11. The summed E-state index contributed by atoms with van der Waals surface area (Å²) in [5.41, 5.74) is 5.54. The number of benzene rings is 1. The summed E-state index contributed by atoms with van der Waals surface area (Å²) in [6.07, 6.45) is 1.77. The van der Waals surface area contributed by atoms with Crippen LogP contribution in [0.5, 0.6) is 11.6 Å². The van der Waals surface area contributed by atoms with Crippen molar-refractivity contribution in [1.82, 2.24) is 9.97 Å². The lowest BCUT2D eigenvalue weighted by atomic mass is 10.3. The van der Waals surface area contributed by atoms with Crippen LogP contribution in [-0.4, -0.2) is 16.2 Å². The second-order valence-corrected chi connectivity index (χ2v) is 4.05. The summed E-state index contributed by atoms with van der Waals surface area (Å²) >= 11 is 1.26. The van der Waals surface area contributed by atoms with E-state index < -0.39 is 11.6 Å². The van der Waals surface area contributed by atoms with Gasteiger partial charge in [-0.25, -0.2) is 9.37 Å². The van der Waals surface area contributed by atoms with E-state index in [1.54, 1.807) is 6.26 Å². The Kier molecular flexibility index (Phi) is 3.61. The molecule has 0 aliphatic rings. The van der Waals surface area contributed by atoms with Crippen molar-refractivity contribution in [2.45, 2.75) is 5.16 Å². The molecule has 1 heterocycles. The van der Waals surface area contributed by atoms with E-state index in [0.717, 1.165) is 6.07 Å². The average Bonchev–Trinajstić information content (AvgIpc) is 2.34. The molecule has 18 heavy (non-hydrogen) atoms. The zero-order chi connectivity index (χ0) is 13.1. The maximum Gasteiger partial charge on any atom is 0.225 e. The monoisotopic (exact) mass is 269 g/mol. The molecule has 94 valence electrons. The maximum absolute atomic E-state index is 13.4. The van der Waals surface area contributed by atoms with Crippen LogP contribution in [0, 0.1) is 11.6 Å². The van der Waals surface area contributed by atoms with E-state index >= 15 is 0 Å². The Hall–Kier alpha value is -1.89. The summed E-state index contributed by atoms with van der Waals surface area (Å²) in [5.74, 6) is -2.04. The molecule has 7 heteroatoms. The lowest BCUT2D eigenvalue weighted by molar-refractivity contribution is 0.402. The zero-order valence-electron chi connectivity index (χ0n) is 9.35. The third kappa shape index (κ3) is 2.67. The molecule has 2 N–H and O–H groups in total. The summed E-state index contributed by atoms with van der Waals surface area (Å²) in [4.78, 5) is 7.89. The fourth-order valence-electron chi connectivity index (χ4n) is 1.24. The molecular formula is C11H9F2N3OS. The van der Waals surface area contributed by atoms with Gasteiger partial charge in [-0.2, -0.15) is 9.37 Å². The van der Waals surface area contributed by atoms with Crippen LogP contribution in [0.4, 0.5) is 14.6 Å². The molecule has 0 spiro atoms. The first kappa shape index (κ1) is 12.6. The minimum Gasteiger partial charge on any atom is -0.436 e. The normalized spacial score (nSPS) is 10.4. The van der Waals surface area contributed by atoms with Gasteiger partial charge in [-0.05, 0) is 18.4 Å². The molecule has 0 saturated carbocycles. The summed E-state index contributed by atoms with van der Waals surface area (Å²) < 4.78 is 31.5. The molecular weight excluding hydrogens is 260 g/mol. The second-order valence-electron chi connectivity index (χ2n) is 3.27. The van der Waals surface area contributed by atoms with Crippen molar-refractivity contribution >= 4 is 17.6 Å². The van der Waals surface area contributed by atoms with Crippen LogP contribution in [0.1, 0.15) is 0 Å². The third-order valence-electron chi connectivity index (χ3n) is 2.02. The molecule has 1 aromatic heterocycles. The summed E-state index contributed by atoms with van der Waals surface area (Å²) in [6, 6.07) is 4.98. The largest absolute Gasteiger partial charge is 0.436 e. The SMILES string of the molecule is CSc1nc(N)cc(Oc2cccc(F)c2F)n1. The number of anilines is 1. The van der Waals surface area contributed by atoms with E-state index in [4.69, 9.17) is 10.5 Å². The molecule has 0 fully saturated rings. The van der Waals surface area contributed by atoms with Crippen molar-refractivity contribution < 1.29 is 13.5 Å². The number of hydrogen-bond acceptors (Lipinski definition) is 5. The number of nitrogens with zero attached hydrogens (tertiary/aromatic N) is 2. The van der Waals surface area contributed by atoms with Crippen LogP contribution in [0.25, 0.3) is 0 Å². The summed E-state index contributed by atoms with van der Waals surface area (Å²) in [5, 5.41) is 0.391. The van der Waals surface area contributed by atoms with Gasteiger partial charge < -0.3 is 10.5 Å². The zero-order valence-corrected chi connectivity index (χ0v) is 10.2. The number of hydrogen-bond donors (Lipinski definition) is 1. The number of nitrogen functional groups attached to an aromatic ring is 1. The predicted octanol–water partition coefficient (Wildman–Crippen LogP) is 2.85. The first-order valence-corrected chi connectivity index (χ1v) is 6.13. The fraction of sp³-hybridized carbons (Fsp3) is 0.0909. The van der Waals surface area contributed by atoms with Gasteiger partial charge in [0.05, 0.1) is 0 Å². The fourth-order valence-corrected chi connectivity index (χ4v) is 1.62. The van der Waals surface area contributed by atoms with Crippen LogP contribution in [-0.2, 0) is 0 Å². The molecule has 0 bridgehead atoms. The highest BCUT2D eigenvalue weighted by Crippen LogP contribution is 2.26. The Bertz CT molecular complexity index is 580. The molecule has 0 amide bonds. The van der Waals surface area contributed by atoms with Crippen LogP contribution < -0.4 is 10.5 Å². The number of halogens is 2. The smallest absolute Gasteiger partial charge is 0.225 e. The van der Waals surface area contributed by atoms with E-state index in [2.05, 4.69) is 9.97 Å². The Morgan fingerprint density at radius 1 is 1.28 bits per heavy atom. The number of nitrogens with two attached hydrogens (primary N) is 1. The predicted molar refractivity (Wildman–Crippen MR) is 64.7 cm³/mol. The van der Waals surface area contributed by atoms with Crippen molar-refractivity contribution in [3.05, 3.63) is 35.9 Å². The molecule has 0 aliphatic carbocycles. The summed E-state index contributed by atoms with van der Waals surface area (Å²) in [6.45, 7) is 0. The molecule has 2 rings (SSSR count). The van der Waals surface area contributed by atoms with Crippen molar-refractivity contribution in [2.75, 3.05) is 12.0 Å². The number of rotatable bonds is 3. The van der Waals surface area contributed by atoms with E-state index in [0.29, 0.717) is 5.16 Å². The standard InChI is InChI=1S/C11H9F2N3OS/c1-18-11-15-8(14)5-9(16-11)17-7-4-2-3-6(12)10(7)13/h2-5H,1H3,(H2,14,15,16). The number of aromatic nitrogens is 2. The highest BCUT2D eigenvalue weighted by molar-refractivity contribution is 7.98. The third-order valence-corrected chi connectivity index (χ3v) is 2.56. The van der Waals surface area contributed by atoms with Gasteiger partial charge in [0.1, 0.15) is 5.82 Å². The molecule has 0 radical (unpaired) electrons. The van der Waals surface area contributed by atoms with Gasteiger partial charge in [0.25, 0.3) is 0 Å². The van der Waals surface area contributed by atoms with Crippen molar-refractivity contribution in [2.24, 2.45) is 0 Å². The van der Waals surface area contributed by atoms with E-state index in [9.17, 15) is 8.78 Å². The Morgan fingerprint density at radius 2 is 2.06 bits per heavy atom. The minimum atomic E-state index is -1.07. The first-order valence-electron chi connectivity index (χ1n) is 4.90. The lowest BCUT2D eigenvalue weighted by Gasteiger charge is -2.07. The van der Waals surface area contributed by atoms with Crippen LogP contribution >= 0.6 is 11.8 Å². The molecule has 0 unspecified atom stereocenters. The number of thioether (sulfide) groups is 1. The summed E-state index contributed by atoms with van der Waals surface area (Å²) in [7, 11) is 0. The number of ether oxygens (including phenoxy) is 1. The Labute approximate surface area is 106 Å². The van der Waals surface area contributed by atoms with Crippen LogP contribution in [0.2, 0.25) is 0 Å².